The van der Waals surface area contributed by atoms with E-state index in [0.29, 0.717) is 5.92 Å². The SMILES string of the molecule is C=CC(=C)CC[C@H]1C(=C)CC[C@@H]2[C@]1(C)CCC[C@]2(C)C(=O)O. The largest absolute Gasteiger partial charge is 0.481 e. The fourth-order valence-corrected chi connectivity index (χ4v) is 5.17. The van der Waals surface area contributed by atoms with Gasteiger partial charge in [-0.05, 0) is 62.7 Å². The van der Waals surface area contributed by atoms with Crippen molar-refractivity contribution in [3.8, 4) is 0 Å². The van der Waals surface area contributed by atoms with Crippen molar-refractivity contribution in [1.29, 1.82) is 0 Å². The normalized spacial score (nSPS) is 38.2. The van der Waals surface area contributed by atoms with Gasteiger partial charge in [0.1, 0.15) is 0 Å². The molecular formula is C20H30O2. The lowest BCUT2D eigenvalue weighted by molar-refractivity contribution is -0.164. The predicted octanol–water partition coefficient (Wildman–Crippen LogP) is 5.37. The summed E-state index contributed by atoms with van der Waals surface area (Å²) in [5, 5.41) is 9.81. The summed E-state index contributed by atoms with van der Waals surface area (Å²) in [4.78, 5) is 11.9. The monoisotopic (exact) mass is 302 g/mol. The molecule has 0 amide bonds. The number of allylic oxidation sites excluding steroid dienone is 3. The Morgan fingerprint density at radius 3 is 2.68 bits per heavy atom. The van der Waals surface area contributed by atoms with Gasteiger partial charge in [0.2, 0.25) is 0 Å². The summed E-state index contributed by atoms with van der Waals surface area (Å²) >= 11 is 0. The second kappa shape index (κ2) is 6.06. The standard InChI is InChI=1S/C20H30O2/c1-6-14(2)8-10-16-15(3)9-11-17-19(16,4)12-7-13-20(17,5)18(21)22/h6,16-17H,1-3,7-13H2,4-5H3,(H,21,22)/t16-,17+,19+,20-/m0/s1. The second-order valence-corrected chi connectivity index (χ2v) is 7.79. The molecule has 0 aromatic heterocycles. The summed E-state index contributed by atoms with van der Waals surface area (Å²) in [5.41, 5.74) is 1.85. The lowest BCUT2D eigenvalue weighted by Crippen LogP contribution is -2.53. The second-order valence-electron chi connectivity index (χ2n) is 7.79. The molecule has 2 heteroatoms. The van der Waals surface area contributed by atoms with Gasteiger partial charge in [-0.15, -0.1) is 0 Å². The average Bonchev–Trinajstić information content (AvgIpc) is 2.45. The predicted molar refractivity (Wildman–Crippen MR) is 91.6 cm³/mol. The maximum Gasteiger partial charge on any atom is 0.309 e. The Hall–Kier alpha value is -1.31. The minimum Gasteiger partial charge on any atom is -0.481 e. The summed E-state index contributed by atoms with van der Waals surface area (Å²) in [7, 11) is 0. The van der Waals surface area contributed by atoms with Crippen LogP contribution in [-0.4, -0.2) is 11.1 Å². The molecule has 2 fully saturated rings. The minimum absolute atomic E-state index is 0.0577. The van der Waals surface area contributed by atoms with Crippen LogP contribution >= 0.6 is 0 Å². The van der Waals surface area contributed by atoms with Crippen LogP contribution in [-0.2, 0) is 4.79 Å². The van der Waals surface area contributed by atoms with Gasteiger partial charge in [-0.2, -0.15) is 0 Å². The topological polar surface area (TPSA) is 37.3 Å². The van der Waals surface area contributed by atoms with Gasteiger partial charge in [-0.1, -0.05) is 50.3 Å². The van der Waals surface area contributed by atoms with Crippen molar-refractivity contribution in [2.75, 3.05) is 0 Å². The third-order valence-electron chi connectivity index (χ3n) is 6.55. The van der Waals surface area contributed by atoms with E-state index in [4.69, 9.17) is 0 Å². The van der Waals surface area contributed by atoms with Crippen LogP contribution in [0.2, 0.25) is 0 Å². The molecule has 0 aliphatic heterocycles. The highest BCUT2D eigenvalue weighted by Crippen LogP contribution is 2.62. The van der Waals surface area contributed by atoms with Crippen LogP contribution in [0.1, 0.15) is 58.8 Å². The molecular weight excluding hydrogens is 272 g/mol. The van der Waals surface area contributed by atoms with Crippen molar-refractivity contribution < 1.29 is 9.90 Å². The highest BCUT2D eigenvalue weighted by molar-refractivity contribution is 5.75. The van der Waals surface area contributed by atoms with E-state index in [1.165, 1.54) is 5.57 Å². The zero-order chi connectivity index (χ0) is 16.5. The first-order chi connectivity index (χ1) is 10.3. The Kier molecular flexibility index (Phi) is 4.70. The molecule has 0 radical (unpaired) electrons. The molecule has 22 heavy (non-hydrogen) atoms. The van der Waals surface area contributed by atoms with E-state index in [2.05, 4.69) is 26.7 Å². The minimum atomic E-state index is -0.620. The van der Waals surface area contributed by atoms with Crippen LogP contribution in [0.25, 0.3) is 0 Å². The number of aliphatic carboxylic acids is 1. The van der Waals surface area contributed by atoms with E-state index in [1.807, 2.05) is 13.0 Å². The Morgan fingerprint density at radius 1 is 1.41 bits per heavy atom. The molecule has 2 nitrogen and oxygen atoms in total. The molecule has 2 aliphatic rings. The Bertz CT molecular complexity index is 504. The number of rotatable bonds is 5. The smallest absolute Gasteiger partial charge is 0.309 e. The molecule has 2 rings (SSSR count). The zero-order valence-corrected chi connectivity index (χ0v) is 14.2. The van der Waals surface area contributed by atoms with E-state index >= 15 is 0 Å². The summed E-state index contributed by atoms with van der Waals surface area (Å²) < 4.78 is 0. The molecule has 2 aliphatic carbocycles. The molecule has 0 heterocycles. The number of carboxylic acids is 1. The van der Waals surface area contributed by atoms with Gasteiger partial charge in [0, 0.05) is 0 Å². The lowest BCUT2D eigenvalue weighted by atomic mass is 9.46. The van der Waals surface area contributed by atoms with Gasteiger partial charge >= 0.3 is 5.97 Å². The highest BCUT2D eigenvalue weighted by Gasteiger charge is 2.57. The van der Waals surface area contributed by atoms with E-state index in [-0.39, 0.29) is 11.3 Å². The van der Waals surface area contributed by atoms with Crippen LogP contribution in [0.3, 0.4) is 0 Å². The van der Waals surface area contributed by atoms with Crippen LogP contribution in [0.15, 0.2) is 37.0 Å². The molecule has 0 unspecified atom stereocenters. The number of fused-ring (bicyclic) bond motifs is 1. The third kappa shape index (κ3) is 2.68. The van der Waals surface area contributed by atoms with Crippen molar-refractivity contribution >= 4 is 5.97 Å². The van der Waals surface area contributed by atoms with Gasteiger partial charge in [0.15, 0.2) is 0 Å². The number of hydrogen-bond donors (Lipinski definition) is 1. The van der Waals surface area contributed by atoms with Gasteiger partial charge < -0.3 is 5.11 Å². The molecule has 4 atom stereocenters. The third-order valence-corrected chi connectivity index (χ3v) is 6.55. The molecule has 122 valence electrons. The van der Waals surface area contributed by atoms with E-state index in [9.17, 15) is 9.90 Å². The molecule has 2 saturated carbocycles. The number of carbonyl (C=O) groups is 1. The first kappa shape index (κ1) is 17.1. The van der Waals surface area contributed by atoms with E-state index < -0.39 is 11.4 Å². The van der Waals surface area contributed by atoms with Crippen LogP contribution in [0.5, 0.6) is 0 Å². The Labute approximate surface area is 135 Å². The maximum absolute atomic E-state index is 11.9. The first-order valence-corrected chi connectivity index (χ1v) is 8.47. The summed E-state index contributed by atoms with van der Waals surface area (Å²) in [6.45, 7) is 16.4. The maximum atomic E-state index is 11.9. The summed E-state index contributed by atoms with van der Waals surface area (Å²) in [6.07, 6.45) is 8.64. The quantitative estimate of drug-likeness (QED) is 0.547. The average molecular weight is 302 g/mol. The van der Waals surface area contributed by atoms with Crippen molar-refractivity contribution in [2.45, 2.75) is 58.8 Å². The number of carboxylic acid groups (broad SMARTS) is 1. The zero-order valence-electron chi connectivity index (χ0n) is 14.2. The summed E-state index contributed by atoms with van der Waals surface area (Å²) in [5.74, 6) is 0.0332. The van der Waals surface area contributed by atoms with Crippen LogP contribution < -0.4 is 0 Å². The Morgan fingerprint density at radius 2 is 2.09 bits per heavy atom. The molecule has 0 spiro atoms. The van der Waals surface area contributed by atoms with Gasteiger partial charge in [-0.3, -0.25) is 4.79 Å². The van der Waals surface area contributed by atoms with E-state index in [1.54, 1.807) is 0 Å². The lowest BCUT2D eigenvalue weighted by Gasteiger charge is -2.57. The molecule has 0 saturated heterocycles. The molecule has 1 N–H and O–H groups in total. The first-order valence-electron chi connectivity index (χ1n) is 8.47. The van der Waals surface area contributed by atoms with Crippen molar-refractivity contribution in [3.63, 3.8) is 0 Å². The Balaban J connectivity index is 2.30. The fourth-order valence-electron chi connectivity index (χ4n) is 5.17. The number of hydrogen-bond acceptors (Lipinski definition) is 1. The van der Waals surface area contributed by atoms with Gasteiger partial charge in [0.25, 0.3) is 0 Å². The van der Waals surface area contributed by atoms with Crippen molar-refractivity contribution in [2.24, 2.45) is 22.7 Å². The molecule has 0 aromatic carbocycles. The molecule has 0 aromatic rings. The van der Waals surface area contributed by atoms with E-state index in [0.717, 1.165) is 50.5 Å². The van der Waals surface area contributed by atoms with Crippen molar-refractivity contribution in [3.05, 3.63) is 37.0 Å². The highest BCUT2D eigenvalue weighted by atomic mass is 16.4. The van der Waals surface area contributed by atoms with Crippen LogP contribution in [0, 0.1) is 22.7 Å². The fraction of sp³-hybridized carbons (Fsp3) is 0.650. The molecule has 0 bridgehead atoms. The van der Waals surface area contributed by atoms with Crippen LogP contribution in [0.4, 0.5) is 0 Å². The van der Waals surface area contributed by atoms with Crippen molar-refractivity contribution in [1.82, 2.24) is 0 Å². The van der Waals surface area contributed by atoms with Gasteiger partial charge in [0.05, 0.1) is 5.41 Å². The summed E-state index contributed by atoms with van der Waals surface area (Å²) in [6, 6.07) is 0. The van der Waals surface area contributed by atoms with Gasteiger partial charge in [-0.25, -0.2) is 0 Å².